The molecule has 2 atom stereocenters. The standard InChI is InChI=1S/C44H51N5O10/c1-29(2)47(43(56)33-17-8-13-30(3)40(33)53)28-12-27-45(42(55)34-18-10-20-36(50)41(34)54)25-6-7-26-46(44(57)35-19-11-21-37(51)48(35)58)24-5-4-14-31-15-9-16-32-22-23-38(52)49(59)39(31)32/h8-11,13,15-23,29,40-41,53-54,58-59H,3-7,12,14,24-28H2,1-2H3. The molecule has 4 N–H and O–H groups in total. The number of carbonyl (C=O) groups is 4. The van der Waals surface area contributed by atoms with Gasteiger partial charge >= 0.3 is 0 Å². The summed E-state index contributed by atoms with van der Waals surface area (Å²) in [5.74, 6) is -2.11. The summed E-state index contributed by atoms with van der Waals surface area (Å²) in [5, 5.41) is 42.7. The van der Waals surface area contributed by atoms with Crippen LogP contribution in [0.3, 0.4) is 0 Å². The van der Waals surface area contributed by atoms with Gasteiger partial charge in [-0.1, -0.05) is 61.2 Å². The molecule has 1 aromatic carbocycles. The molecule has 2 unspecified atom stereocenters. The van der Waals surface area contributed by atoms with Crippen LogP contribution in [-0.4, -0.2) is 119 Å². The fraction of sp³-hybridized carbons (Fsp3) is 0.364. The average Bonchev–Trinajstić information content (AvgIpc) is 3.21. The Morgan fingerprint density at radius 1 is 0.678 bits per heavy atom. The maximum Gasteiger partial charge on any atom is 0.283 e. The lowest BCUT2D eigenvalue weighted by Gasteiger charge is -2.32. The number of rotatable bonds is 18. The van der Waals surface area contributed by atoms with E-state index in [2.05, 4.69) is 6.58 Å². The zero-order valence-corrected chi connectivity index (χ0v) is 33.3. The Labute approximate surface area is 341 Å². The van der Waals surface area contributed by atoms with E-state index in [4.69, 9.17) is 0 Å². The number of aliphatic hydroxyl groups is 2. The Balaban J connectivity index is 1.27. The third-order valence-electron chi connectivity index (χ3n) is 10.5. The van der Waals surface area contributed by atoms with E-state index in [1.165, 1.54) is 46.2 Å². The Kier molecular flexibility index (Phi) is 14.8. The number of unbranched alkanes of at least 4 members (excludes halogenated alkanes) is 2. The molecule has 2 aliphatic rings. The molecule has 0 aliphatic heterocycles. The van der Waals surface area contributed by atoms with Crippen molar-refractivity contribution in [2.24, 2.45) is 0 Å². The topological polar surface area (TPSA) is 203 Å². The van der Waals surface area contributed by atoms with Gasteiger partial charge < -0.3 is 35.3 Å². The number of carbonyl (C=O) groups excluding carboxylic acids is 4. The summed E-state index contributed by atoms with van der Waals surface area (Å²) >= 11 is 0. The number of hydrogen-bond donors (Lipinski definition) is 4. The van der Waals surface area contributed by atoms with Gasteiger partial charge in [-0.25, -0.2) is 0 Å². The lowest BCUT2D eigenvalue weighted by Crippen LogP contribution is -2.44. The van der Waals surface area contributed by atoms with Crippen LogP contribution in [0.5, 0.6) is 0 Å². The van der Waals surface area contributed by atoms with Gasteiger partial charge in [0.25, 0.3) is 28.8 Å². The maximum atomic E-state index is 13.8. The first-order valence-electron chi connectivity index (χ1n) is 19.7. The fourth-order valence-corrected chi connectivity index (χ4v) is 7.20. The number of para-hydroxylation sites is 1. The van der Waals surface area contributed by atoms with Gasteiger partial charge in [0.1, 0.15) is 17.9 Å². The molecule has 0 spiro atoms. The number of aryl methyl sites for hydroxylation is 1. The van der Waals surface area contributed by atoms with Crippen molar-refractivity contribution in [3.63, 3.8) is 0 Å². The first-order chi connectivity index (χ1) is 28.2. The van der Waals surface area contributed by atoms with E-state index in [1.807, 2.05) is 26.0 Å². The van der Waals surface area contributed by atoms with Crippen molar-refractivity contribution in [2.75, 3.05) is 32.7 Å². The number of aliphatic hydroxyl groups excluding tert-OH is 2. The second-order valence-electron chi connectivity index (χ2n) is 14.8. The van der Waals surface area contributed by atoms with Gasteiger partial charge in [-0.05, 0) is 81.7 Å². The molecule has 312 valence electrons. The van der Waals surface area contributed by atoms with E-state index >= 15 is 0 Å². The molecule has 15 heteroatoms. The lowest BCUT2D eigenvalue weighted by molar-refractivity contribution is -0.132. The van der Waals surface area contributed by atoms with Gasteiger partial charge in [-0.15, -0.1) is 9.46 Å². The smallest absolute Gasteiger partial charge is 0.283 e. The lowest BCUT2D eigenvalue weighted by atomic mass is 9.96. The third-order valence-corrected chi connectivity index (χ3v) is 10.5. The highest BCUT2D eigenvalue weighted by Crippen LogP contribution is 2.22. The number of amides is 3. The number of allylic oxidation sites excluding steroid dienone is 4. The molecular weight excluding hydrogens is 759 g/mol. The average molecular weight is 810 g/mol. The van der Waals surface area contributed by atoms with Gasteiger partial charge in [-0.3, -0.25) is 28.8 Å². The molecule has 2 aliphatic carbocycles. The Morgan fingerprint density at radius 3 is 1.97 bits per heavy atom. The molecule has 15 nitrogen and oxygen atoms in total. The number of nitrogens with zero attached hydrogens (tertiary/aromatic N) is 5. The number of fused-ring (bicyclic) bond motifs is 1. The minimum absolute atomic E-state index is 0.0822. The first kappa shape index (κ1) is 43.8. The largest absolute Gasteiger partial charge is 0.425 e. The fourth-order valence-electron chi connectivity index (χ4n) is 7.20. The molecular formula is C44H51N5O10. The van der Waals surface area contributed by atoms with E-state index in [0.29, 0.717) is 64.5 Å². The van der Waals surface area contributed by atoms with Crippen LogP contribution in [0, 0.1) is 0 Å². The Morgan fingerprint density at radius 2 is 1.27 bits per heavy atom. The van der Waals surface area contributed by atoms with Crippen LogP contribution in [0.2, 0.25) is 0 Å². The highest BCUT2D eigenvalue weighted by molar-refractivity contribution is 6.07. The summed E-state index contributed by atoms with van der Waals surface area (Å²) in [5.41, 5.74) is 0.127. The van der Waals surface area contributed by atoms with Gasteiger partial charge in [0.05, 0.1) is 11.1 Å². The quantitative estimate of drug-likeness (QED) is 0.109. The van der Waals surface area contributed by atoms with E-state index in [9.17, 15) is 49.4 Å². The second-order valence-corrected chi connectivity index (χ2v) is 14.8. The molecule has 3 amide bonds. The van der Waals surface area contributed by atoms with Crippen LogP contribution in [0.15, 0.2) is 118 Å². The van der Waals surface area contributed by atoms with Crippen LogP contribution < -0.4 is 11.1 Å². The SMILES string of the molecule is C=C1C=CC=C(C(=O)N(CCCN(CCCCN(CCCCc2cccc3ccc(=O)n(O)c23)C(=O)c2cccc(=O)n2O)C(=O)C2=CC=CC(=O)C2O)C(C)C)C1O. The minimum atomic E-state index is -1.63. The van der Waals surface area contributed by atoms with Crippen molar-refractivity contribution in [2.45, 2.75) is 70.6 Å². The van der Waals surface area contributed by atoms with Crippen molar-refractivity contribution < 1.29 is 39.8 Å². The summed E-state index contributed by atoms with van der Waals surface area (Å²) in [4.78, 5) is 82.3. The minimum Gasteiger partial charge on any atom is -0.425 e. The molecule has 2 aromatic heterocycles. The highest BCUT2D eigenvalue weighted by Gasteiger charge is 2.31. The van der Waals surface area contributed by atoms with Crippen molar-refractivity contribution in [3.05, 3.63) is 140 Å². The number of ketones is 1. The number of pyridine rings is 2. The third kappa shape index (κ3) is 10.4. The monoisotopic (exact) mass is 809 g/mol. The summed E-state index contributed by atoms with van der Waals surface area (Å²) in [7, 11) is 0. The molecule has 0 bridgehead atoms. The highest BCUT2D eigenvalue weighted by atomic mass is 16.5. The molecule has 0 saturated carbocycles. The molecule has 2 heterocycles. The zero-order valence-electron chi connectivity index (χ0n) is 33.3. The number of benzene rings is 1. The van der Waals surface area contributed by atoms with Crippen molar-refractivity contribution in [1.82, 2.24) is 24.2 Å². The predicted molar refractivity (Wildman–Crippen MR) is 220 cm³/mol. The Hall–Kier alpha value is -6.32. The van der Waals surface area contributed by atoms with Gasteiger partial charge in [0.2, 0.25) is 0 Å². The molecule has 0 radical (unpaired) electrons. The molecule has 5 rings (SSSR count). The van der Waals surface area contributed by atoms with Crippen LogP contribution in [0.25, 0.3) is 10.9 Å². The molecule has 3 aromatic rings. The van der Waals surface area contributed by atoms with Crippen LogP contribution in [0.4, 0.5) is 0 Å². The van der Waals surface area contributed by atoms with Gasteiger partial charge in [0, 0.05) is 61.9 Å². The van der Waals surface area contributed by atoms with E-state index in [0.717, 1.165) is 11.6 Å². The van der Waals surface area contributed by atoms with Crippen LogP contribution in [0.1, 0.15) is 62.0 Å². The first-order valence-corrected chi connectivity index (χ1v) is 19.7. The number of aromatic nitrogens is 2. The van der Waals surface area contributed by atoms with Crippen LogP contribution >= 0.6 is 0 Å². The van der Waals surface area contributed by atoms with Gasteiger partial charge in [-0.2, -0.15) is 0 Å². The van der Waals surface area contributed by atoms with E-state index in [1.54, 1.807) is 35.3 Å². The Bertz CT molecular complexity index is 2340. The van der Waals surface area contributed by atoms with Gasteiger partial charge in [0.15, 0.2) is 5.78 Å². The van der Waals surface area contributed by atoms with Crippen molar-refractivity contribution in [3.8, 4) is 0 Å². The van der Waals surface area contributed by atoms with Crippen LogP contribution in [-0.2, 0) is 20.8 Å². The van der Waals surface area contributed by atoms with E-state index < -0.39 is 40.9 Å². The molecule has 59 heavy (non-hydrogen) atoms. The summed E-state index contributed by atoms with van der Waals surface area (Å²) in [6.45, 7) is 8.49. The summed E-state index contributed by atoms with van der Waals surface area (Å²) in [6.07, 6.45) is 8.72. The van der Waals surface area contributed by atoms with Crippen molar-refractivity contribution >= 4 is 34.4 Å². The number of hydrogen-bond acceptors (Lipinski definition) is 10. The zero-order chi connectivity index (χ0) is 42.8. The summed E-state index contributed by atoms with van der Waals surface area (Å²) < 4.78 is 0.926. The van der Waals surface area contributed by atoms with Crippen molar-refractivity contribution in [1.29, 1.82) is 0 Å². The molecule has 0 fully saturated rings. The molecule has 0 saturated heterocycles. The second kappa shape index (κ2) is 19.9. The van der Waals surface area contributed by atoms with E-state index in [-0.39, 0.29) is 61.5 Å². The summed E-state index contributed by atoms with van der Waals surface area (Å²) in [6, 6.07) is 12.0. The normalized spacial score (nSPS) is 16.3. The predicted octanol–water partition coefficient (Wildman–Crippen LogP) is 3.18. The maximum absolute atomic E-state index is 13.8.